The van der Waals surface area contributed by atoms with Gasteiger partial charge in [-0.15, -0.1) is 0 Å². The summed E-state index contributed by atoms with van der Waals surface area (Å²) in [7, 11) is 3.40. The Morgan fingerprint density at radius 2 is 1.00 bits per heavy atom. The van der Waals surface area contributed by atoms with Crippen molar-refractivity contribution < 1.29 is 9.47 Å². The lowest BCUT2D eigenvalue weighted by molar-refractivity contribution is 0.415. The van der Waals surface area contributed by atoms with E-state index in [1.54, 1.807) is 14.2 Å². The molecular weight excluding hydrogens is 344 g/mol. The van der Waals surface area contributed by atoms with E-state index in [1.165, 1.54) is 22.3 Å². The van der Waals surface area contributed by atoms with E-state index in [0.717, 1.165) is 22.6 Å². The third kappa shape index (κ3) is 3.63. The molecule has 4 aromatic rings. The second-order valence-electron chi connectivity index (χ2n) is 6.59. The van der Waals surface area contributed by atoms with Crippen LogP contribution in [0.1, 0.15) is 0 Å². The first-order chi connectivity index (χ1) is 13.8. The summed E-state index contributed by atoms with van der Waals surface area (Å²) in [6, 6.07) is 33.4. The van der Waals surface area contributed by atoms with Gasteiger partial charge in [-0.05, 0) is 52.1 Å². The quantitative estimate of drug-likeness (QED) is 0.391. The maximum atomic E-state index is 5.58. The number of hydrogen-bond donors (Lipinski definition) is 0. The van der Waals surface area contributed by atoms with Gasteiger partial charge in [0.1, 0.15) is 11.5 Å². The molecule has 0 saturated carbocycles. The molecule has 0 aromatic heterocycles. The molecule has 0 unspecified atom stereocenters. The van der Waals surface area contributed by atoms with Gasteiger partial charge < -0.3 is 9.47 Å². The van der Waals surface area contributed by atoms with Crippen molar-refractivity contribution >= 4 is 0 Å². The Balaban J connectivity index is 1.67. The van der Waals surface area contributed by atoms with Crippen LogP contribution in [0.4, 0.5) is 0 Å². The molecular formula is C26H22O2. The van der Waals surface area contributed by atoms with Crippen molar-refractivity contribution in [1.82, 2.24) is 0 Å². The number of benzene rings is 4. The molecule has 0 bridgehead atoms. The van der Waals surface area contributed by atoms with E-state index < -0.39 is 0 Å². The molecule has 0 atom stereocenters. The van der Waals surface area contributed by atoms with E-state index in [0.29, 0.717) is 0 Å². The fourth-order valence-corrected chi connectivity index (χ4v) is 3.37. The molecule has 4 rings (SSSR count). The van der Waals surface area contributed by atoms with Crippen molar-refractivity contribution in [1.29, 1.82) is 0 Å². The number of methoxy groups -OCH3 is 2. The largest absolute Gasteiger partial charge is 0.497 e. The van der Waals surface area contributed by atoms with Gasteiger partial charge in [-0.2, -0.15) is 0 Å². The van der Waals surface area contributed by atoms with Crippen LogP contribution in [0.5, 0.6) is 11.5 Å². The highest BCUT2D eigenvalue weighted by Gasteiger charge is 2.08. The highest BCUT2D eigenvalue weighted by atomic mass is 16.5. The van der Waals surface area contributed by atoms with Crippen LogP contribution >= 0.6 is 0 Å². The van der Waals surface area contributed by atoms with Crippen LogP contribution in [-0.2, 0) is 0 Å². The summed E-state index contributed by atoms with van der Waals surface area (Å²) in [5.74, 6) is 1.75. The van der Waals surface area contributed by atoms with Gasteiger partial charge in [0.15, 0.2) is 0 Å². The van der Waals surface area contributed by atoms with E-state index in [1.807, 2.05) is 36.4 Å². The Kier molecular flexibility index (Phi) is 5.11. The zero-order valence-electron chi connectivity index (χ0n) is 16.1. The normalized spacial score (nSPS) is 10.5. The minimum atomic E-state index is 0.868. The van der Waals surface area contributed by atoms with E-state index in [9.17, 15) is 0 Å². The van der Waals surface area contributed by atoms with Gasteiger partial charge in [0.05, 0.1) is 14.2 Å². The molecule has 0 spiro atoms. The molecule has 2 nitrogen and oxygen atoms in total. The minimum Gasteiger partial charge on any atom is -0.497 e. The van der Waals surface area contributed by atoms with Crippen LogP contribution in [0.15, 0.2) is 97.1 Å². The lowest BCUT2D eigenvalue weighted by Gasteiger charge is -2.12. The maximum absolute atomic E-state index is 5.58. The van der Waals surface area contributed by atoms with Gasteiger partial charge in [0.25, 0.3) is 0 Å². The van der Waals surface area contributed by atoms with Crippen molar-refractivity contribution in [3.8, 4) is 44.9 Å². The van der Waals surface area contributed by atoms with E-state index >= 15 is 0 Å². The summed E-state index contributed by atoms with van der Waals surface area (Å²) in [5.41, 5.74) is 6.95. The van der Waals surface area contributed by atoms with Crippen LogP contribution in [-0.4, -0.2) is 14.2 Å². The van der Waals surface area contributed by atoms with E-state index in [-0.39, 0.29) is 0 Å². The summed E-state index contributed by atoms with van der Waals surface area (Å²) in [5, 5.41) is 0. The van der Waals surface area contributed by atoms with Gasteiger partial charge in [-0.1, -0.05) is 72.8 Å². The SMILES string of the molecule is COc1ccc(-c2ccc(-c3ccc(OC)c(-c4ccccc4)c3)cc2)cc1. The van der Waals surface area contributed by atoms with Gasteiger partial charge >= 0.3 is 0 Å². The highest BCUT2D eigenvalue weighted by molar-refractivity contribution is 5.78. The van der Waals surface area contributed by atoms with Gasteiger partial charge in [0, 0.05) is 5.56 Å². The van der Waals surface area contributed by atoms with Crippen molar-refractivity contribution in [3.05, 3.63) is 97.1 Å². The van der Waals surface area contributed by atoms with E-state index in [2.05, 4.69) is 60.7 Å². The standard InChI is InChI=1S/C26H22O2/c1-27-24-15-12-20(13-16-24)19-8-10-21(11-9-19)23-14-17-26(28-2)25(18-23)22-6-4-3-5-7-22/h3-18H,1-2H3. The average molecular weight is 366 g/mol. The fraction of sp³-hybridized carbons (Fsp3) is 0.0769. The molecule has 138 valence electrons. The molecule has 0 heterocycles. The molecule has 0 N–H and O–H groups in total. The van der Waals surface area contributed by atoms with Crippen molar-refractivity contribution in [2.24, 2.45) is 0 Å². The predicted octanol–water partition coefficient (Wildman–Crippen LogP) is 6.70. The average Bonchev–Trinajstić information content (AvgIpc) is 2.79. The van der Waals surface area contributed by atoms with Gasteiger partial charge in [-0.3, -0.25) is 0 Å². The van der Waals surface area contributed by atoms with Gasteiger partial charge in [0.2, 0.25) is 0 Å². The molecule has 0 amide bonds. The summed E-state index contributed by atoms with van der Waals surface area (Å²) in [4.78, 5) is 0. The first kappa shape index (κ1) is 17.9. The fourth-order valence-electron chi connectivity index (χ4n) is 3.37. The zero-order valence-corrected chi connectivity index (χ0v) is 16.1. The highest BCUT2D eigenvalue weighted by Crippen LogP contribution is 2.35. The van der Waals surface area contributed by atoms with Crippen molar-refractivity contribution in [2.75, 3.05) is 14.2 Å². The smallest absolute Gasteiger partial charge is 0.126 e. The second kappa shape index (κ2) is 8.01. The Morgan fingerprint density at radius 3 is 1.57 bits per heavy atom. The van der Waals surface area contributed by atoms with Gasteiger partial charge in [-0.25, -0.2) is 0 Å². The summed E-state index contributed by atoms with van der Waals surface area (Å²) in [6.45, 7) is 0. The predicted molar refractivity (Wildman–Crippen MR) is 116 cm³/mol. The first-order valence-corrected chi connectivity index (χ1v) is 9.27. The molecule has 2 heteroatoms. The topological polar surface area (TPSA) is 18.5 Å². The van der Waals surface area contributed by atoms with Crippen LogP contribution in [0, 0.1) is 0 Å². The molecule has 28 heavy (non-hydrogen) atoms. The summed E-state index contributed by atoms with van der Waals surface area (Å²) in [6.07, 6.45) is 0. The molecule has 0 fully saturated rings. The molecule has 0 aliphatic heterocycles. The van der Waals surface area contributed by atoms with Crippen LogP contribution < -0.4 is 9.47 Å². The van der Waals surface area contributed by atoms with Crippen molar-refractivity contribution in [3.63, 3.8) is 0 Å². The molecule has 0 saturated heterocycles. The molecule has 0 aliphatic rings. The zero-order chi connectivity index (χ0) is 19.3. The third-order valence-corrected chi connectivity index (χ3v) is 4.93. The molecule has 4 aromatic carbocycles. The Bertz CT molecular complexity index is 1050. The lowest BCUT2D eigenvalue weighted by atomic mass is 9.96. The van der Waals surface area contributed by atoms with Crippen molar-refractivity contribution in [2.45, 2.75) is 0 Å². The maximum Gasteiger partial charge on any atom is 0.126 e. The Morgan fingerprint density at radius 1 is 0.464 bits per heavy atom. The van der Waals surface area contributed by atoms with E-state index in [4.69, 9.17) is 9.47 Å². The monoisotopic (exact) mass is 366 g/mol. The third-order valence-electron chi connectivity index (χ3n) is 4.93. The number of hydrogen-bond acceptors (Lipinski definition) is 2. The summed E-state index contributed by atoms with van der Waals surface area (Å²) < 4.78 is 10.8. The Labute approximate surface area is 166 Å². The number of rotatable bonds is 5. The number of ether oxygens (including phenoxy) is 2. The van der Waals surface area contributed by atoms with Crippen LogP contribution in [0.25, 0.3) is 33.4 Å². The Hall–Kier alpha value is -3.52. The van der Waals surface area contributed by atoms with Crippen LogP contribution in [0.2, 0.25) is 0 Å². The molecule has 0 radical (unpaired) electrons. The second-order valence-corrected chi connectivity index (χ2v) is 6.59. The minimum absolute atomic E-state index is 0.868. The summed E-state index contributed by atoms with van der Waals surface area (Å²) >= 11 is 0. The molecule has 0 aliphatic carbocycles. The van der Waals surface area contributed by atoms with Crippen LogP contribution in [0.3, 0.4) is 0 Å². The lowest BCUT2D eigenvalue weighted by Crippen LogP contribution is -1.89. The first-order valence-electron chi connectivity index (χ1n) is 9.27.